The van der Waals surface area contributed by atoms with Gasteiger partial charge in [-0.1, -0.05) is 42.4 Å². The molecule has 152 valence electrons. The van der Waals surface area contributed by atoms with Crippen LogP contribution in [0.4, 0.5) is 5.69 Å². The lowest BCUT2D eigenvalue weighted by Crippen LogP contribution is -2.14. The molecule has 0 aliphatic heterocycles. The van der Waals surface area contributed by atoms with Gasteiger partial charge in [-0.15, -0.1) is 0 Å². The van der Waals surface area contributed by atoms with Crippen LogP contribution in [0.25, 0.3) is 11.4 Å². The summed E-state index contributed by atoms with van der Waals surface area (Å²) in [5.74, 6) is 0.849. The number of anilines is 1. The van der Waals surface area contributed by atoms with Crippen molar-refractivity contribution in [1.82, 2.24) is 15.1 Å². The molecule has 2 aromatic carbocycles. The van der Waals surface area contributed by atoms with Gasteiger partial charge in [0.25, 0.3) is 10.0 Å². The molecule has 0 aliphatic carbocycles. The number of sulfonamides is 1. The zero-order chi connectivity index (χ0) is 21.0. The number of rotatable bonds is 7. The van der Waals surface area contributed by atoms with E-state index in [1.165, 1.54) is 0 Å². The van der Waals surface area contributed by atoms with Gasteiger partial charge in [0.1, 0.15) is 0 Å². The molecule has 0 spiro atoms. The Morgan fingerprint density at radius 3 is 2.43 bits per heavy atom. The lowest BCUT2D eigenvalue weighted by Gasteiger charge is -2.12. The Bertz CT molecular complexity index is 1240. The van der Waals surface area contributed by atoms with Gasteiger partial charge in [0.05, 0.1) is 17.0 Å². The molecule has 0 aliphatic rings. The van der Waals surface area contributed by atoms with Gasteiger partial charge in [0.2, 0.25) is 11.7 Å². The molecule has 2 heterocycles. The fourth-order valence-corrected chi connectivity index (χ4v) is 4.09. The average Bonchev–Trinajstić information content (AvgIpc) is 3.24. The molecule has 1 N–H and O–H groups in total. The third-order valence-electron chi connectivity index (χ3n) is 4.65. The number of hydrogen-bond acceptors (Lipinski definition) is 6. The van der Waals surface area contributed by atoms with Crippen molar-refractivity contribution in [1.29, 1.82) is 0 Å². The van der Waals surface area contributed by atoms with Crippen molar-refractivity contribution in [3.8, 4) is 11.4 Å². The minimum atomic E-state index is -3.71. The fraction of sp³-hybridized carbons (Fsp3) is 0.136. The van der Waals surface area contributed by atoms with Crippen molar-refractivity contribution >= 4 is 15.7 Å². The predicted octanol–water partition coefficient (Wildman–Crippen LogP) is 4.09. The summed E-state index contributed by atoms with van der Waals surface area (Å²) < 4.78 is 33.7. The van der Waals surface area contributed by atoms with E-state index in [4.69, 9.17) is 4.52 Å². The van der Waals surface area contributed by atoms with Gasteiger partial charge in [-0.3, -0.25) is 9.71 Å². The summed E-state index contributed by atoms with van der Waals surface area (Å²) in [5.41, 5.74) is 3.08. The van der Waals surface area contributed by atoms with Gasteiger partial charge < -0.3 is 4.52 Å². The summed E-state index contributed by atoms with van der Waals surface area (Å²) >= 11 is 0. The lowest BCUT2D eigenvalue weighted by atomic mass is 10.1. The Kier molecular flexibility index (Phi) is 5.58. The first-order valence-electron chi connectivity index (χ1n) is 9.48. The number of hydrogen-bond donors (Lipinski definition) is 1. The third-order valence-corrected chi connectivity index (χ3v) is 6.03. The van der Waals surface area contributed by atoms with Crippen LogP contribution in [0.2, 0.25) is 0 Å². The van der Waals surface area contributed by atoms with E-state index in [9.17, 15) is 8.42 Å². The number of benzene rings is 2. The van der Waals surface area contributed by atoms with E-state index in [2.05, 4.69) is 19.8 Å². The van der Waals surface area contributed by atoms with Crippen LogP contribution in [0, 0.1) is 0 Å². The highest BCUT2D eigenvalue weighted by atomic mass is 32.2. The highest BCUT2D eigenvalue weighted by Gasteiger charge is 2.17. The van der Waals surface area contributed by atoms with Crippen LogP contribution in [0.3, 0.4) is 0 Å². The summed E-state index contributed by atoms with van der Waals surface area (Å²) in [5, 5.41) is 4.00. The second-order valence-electron chi connectivity index (χ2n) is 6.68. The molecule has 8 heteroatoms. The first-order chi connectivity index (χ1) is 14.5. The van der Waals surface area contributed by atoms with Crippen LogP contribution in [0.15, 0.2) is 82.5 Å². The van der Waals surface area contributed by atoms with Gasteiger partial charge in [-0.05, 0) is 47.9 Å². The summed E-state index contributed by atoms with van der Waals surface area (Å²) in [6.07, 6.45) is 4.46. The molecule has 4 aromatic rings. The van der Waals surface area contributed by atoms with E-state index in [0.29, 0.717) is 23.8 Å². The van der Waals surface area contributed by atoms with Gasteiger partial charge in [0, 0.05) is 18.0 Å². The van der Waals surface area contributed by atoms with E-state index in [-0.39, 0.29) is 4.90 Å². The lowest BCUT2D eigenvalue weighted by molar-refractivity contribution is 0.386. The Morgan fingerprint density at radius 1 is 0.967 bits per heavy atom. The van der Waals surface area contributed by atoms with Gasteiger partial charge >= 0.3 is 0 Å². The van der Waals surface area contributed by atoms with Crippen molar-refractivity contribution < 1.29 is 12.9 Å². The Morgan fingerprint density at radius 2 is 1.70 bits per heavy atom. The number of para-hydroxylation sites is 1. The second-order valence-corrected chi connectivity index (χ2v) is 8.37. The zero-order valence-electron chi connectivity index (χ0n) is 16.3. The zero-order valence-corrected chi connectivity index (χ0v) is 17.1. The minimum absolute atomic E-state index is 0.215. The van der Waals surface area contributed by atoms with E-state index >= 15 is 0 Å². The largest absolute Gasteiger partial charge is 0.339 e. The molecule has 7 nitrogen and oxygen atoms in total. The number of nitrogens with zero attached hydrogens (tertiary/aromatic N) is 3. The Balaban J connectivity index is 1.56. The third kappa shape index (κ3) is 4.38. The highest BCUT2D eigenvalue weighted by Crippen LogP contribution is 2.23. The highest BCUT2D eigenvalue weighted by molar-refractivity contribution is 7.92. The average molecular weight is 420 g/mol. The number of pyridine rings is 1. The van der Waals surface area contributed by atoms with Gasteiger partial charge in [0.15, 0.2) is 0 Å². The maximum absolute atomic E-state index is 12.8. The molecule has 0 unspecified atom stereocenters. The molecular weight excluding hydrogens is 400 g/mol. The van der Waals surface area contributed by atoms with Crippen molar-refractivity contribution in [2.75, 3.05) is 4.72 Å². The number of aryl methyl sites for hydroxylation is 1. The monoisotopic (exact) mass is 420 g/mol. The minimum Gasteiger partial charge on any atom is -0.339 e. The molecule has 0 radical (unpaired) electrons. The summed E-state index contributed by atoms with van der Waals surface area (Å²) in [7, 11) is -3.71. The fourth-order valence-electron chi connectivity index (χ4n) is 2.99. The topological polar surface area (TPSA) is 98.0 Å². The molecule has 0 amide bonds. The summed E-state index contributed by atoms with van der Waals surface area (Å²) in [4.78, 5) is 8.60. The molecule has 0 saturated carbocycles. The molecule has 0 fully saturated rings. The van der Waals surface area contributed by atoms with Gasteiger partial charge in [-0.2, -0.15) is 4.98 Å². The van der Waals surface area contributed by atoms with Crippen molar-refractivity contribution in [2.45, 2.75) is 24.7 Å². The van der Waals surface area contributed by atoms with Crippen LogP contribution in [0.1, 0.15) is 23.9 Å². The Hall–Kier alpha value is -3.52. The molecule has 30 heavy (non-hydrogen) atoms. The van der Waals surface area contributed by atoms with E-state index in [1.54, 1.807) is 48.8 Å². The van der Waals surface area contributed by atoms with Crippen LogP contribution < -0.4 is 4.72 Å². The normalized spacial score (nSPS) is 11.4. The van der Waals surface area contributed by atoms with Crippen LogP contribution in [0.5, 0.6) is 0 Å². The first-order valence-corrected chi connectivity index (χ1v) is 11.0. The molecular formula is C22H20N4O3S. The molecule has 0 saturated heterocycles. The van der Waals surface area contributed by atoms with Crippen LogP contribution >= 0.6 is 0 Å². The molecule has 4 rings (SSSR count). The van der Waals surface area contributed by atoms with E-state index in [1.807, 2.05) is 31.2 Å². The van der Waals surface area contributed by atoms with Gasteiger partial charge in [-0.25, -0.2) is 8.42 Å². The van der Waals surface area contributed by atoms with Crippen molar-refractivity contribution in [3.05, 3.63) is 90.1 Å². The van der Waals surface area contributed by atoms with E-state index < -0.39 is 10.0 Å². The molecule has 0 atom stereocenters. The van der Waals surface area contributed by atoms with Crippen molar-refractivity contribution in [3.63, 3.8) is 0 Å². The van der Waals surface area contributed by atoms with E-state index in [0.717, 1.165) is 23.1 Å². The first kappa shape index (κ1) is 19.8. The summed E-state index contributed by atoms with van der Waals surface area (Å²) in [6, 6.07) is 17.6. The quantitative estimate of drug-likeness (QED) is 0.484. The molecule has 2 aromatic heterocycles. The number of nitrogens with one attached hydrogen (secondary N) is 1. The van der Waals surface area contributed by atoms with Crippen LogP contribution in [-0.4, -0.2) is 23.5 Å². The smallest absolute Gasteiger partial charge is 0.261 e. The molecule has 0 bridgehead atoms. The Labute approximate surface area is 174 Å². The number of aromatic nitrogens is 3. The second kappa shape index (κ2) is 8.46. The maximum Gasteiger partial charge on any atom is 0.261 e. The standard InChI is InChI=1S/C22H20N4O3S/c1-2-16-7-9-19(10-8-16)30(27,28)26-20-6-4-3-5-18(20)15-21-24-22(25-29-21)17-11-13-23-14-12-17/h3-14,26H,2,15H2,1H3. The SMILES string of the molecule is CCc1ccc(S(=O)(=O)Nc2ccccc2Cc2nc(-c3ccncc3)no2)cc1. The van der Waals surface area contributed by atoms with Crippen molar-refractivity contribution in [2.24, 2.45) is 0 Å². The maximum atomic E-state index is 12.8. The predicted molar refractivity (Wildman–Crippen MR) is 113 cm³/mol. The van der Waals surface area contributed by atoms with Crippen LogP contribution in [-0.2, 0) is 22.9 Å². The summed E-state index contributed by atoms with van der Waals surface area (Å²) in [6.45, 7) is 2.02.